The molecule has 1 aromatic heterocycles. The summed E-state index contributed by atoms with van der Waals surface area (Å²) in [4.78, 5) is 12.5. The Balaban J connectivity index is 2.27. The van der Waals surface area contributed by atoms with Crippen LogP contribution in [0.2, 0.25) is 0 Å². The Bertz CT molecular complexity index is 558. The Morgan fingerprint density at radius 3 is 2.68 bits per heavy atom. The molecule has 100 valence electrons. The first-order valence-corrected chi connectivity index (χ1v) is 6.47. The highest BCUT2D eigenvalue weighted by Crippen LogP contribution is 2.22. The van der Waals surface area contributed by atoms with Crippen LogP contribution in [0.5, 0.6) is 0 Å². The summed E-state index contributed by atoms with van der Waals surface area (Å²) in [5.74, 6) is -0.110. The third-order valence-corrected chi connectivity index (χ3v) is 3.19. The van der Waals surface area contributed by atoms with E-state index in [0.29, 0.717) is 5.56 Å². The molecule has 0 aliphatic rings. The van der Waals surface area contributed by atoms with Crippen LogP contribution in [0.15, 0.2) is 42.7 Å². The van der Waals surface area contributed by atoms with Crippen LogP contribution in [-0.2, 0) is 12.1 Å². The number of hydrogen-bond acceptors (Lipinski definition) is 3. The number of aryl methyl sites for hydroxylation is 1. The predicted octanol–water partition coefficient (Wildman–Crippen LogP) is 2.35. The first kappa shape index (κ1) is 13.5. The lowest BCUT2D eigenvalue weighted by Crippen LogP contribution is -2.41. The van der Waals surface area contributed by atoms with E-state index in [2.05, 4.69) is 12.0 Å². The molecule has 0 saturated carbocycles. The molecule has 0 aliphatic heterocycles. The molecule has 0 bridgehead atoms. The van der Waals surface area contributed by atoms with E-state index in [1.165, 1.54) is 0 Å². The summed E-state index contributed by atoms with van der Waals surface area (Å²) in [5.41, 5.74) is 6.55. The summed E-state index contributed by atoms with van der Waals surface area (Å²) in [6.45, 7) is 4.61. The minimum atomic E-state index is -1.03. The molecule has 2 aromatic rings. The van der Waals surface area contributed by atoms with Gasteiger partial charge in [-0.25, -0.2) is 0 Å². The SMILES string of the molecule is CCCn1cc(C(=O)C(C)(N)c2ccccc2)cn1. The van der Waals surface area contributed by atoms with E-state index in [0.717, 1.165) is 18.5 Å². The van der Waals surface area contributed by atoms with Crippen molar-refractivity contribution in [1.29, 1.82) is 0 Å². The molecule has 0 saturated heterocycles. The summed E-state index contributed by atoms with van der Waals surface area (Å²) in [5, 5.41) is 4.17. The lowest BCUT2D eigenvalue weighted by atomic mass is 9.86. The van der Waals surface area contributed by atoms with Crippen molar-refractivity contribution in [3.05, 3.63) is 53.9 Å². The van der Waals surface area contributed by atoms with Gasteiger partial charge in [0.05, 0.1) is 11.8 Å². The second-order valence-electron chi connectivity index (χ2n) is 4.89. The van der Waals surface area contributed by atoms with E-state index in [4.69, 9.17) is 5.73 Å². The Labute approximate surface area is 113 Å². The van der Waals surface area contributed by atoms with Crippen LogP contribution in [-0.4, -0.2) is 15.6 Å². The van der Waals surface area contributed by atoms with Crippen LogP contribution in [0.25, 0.3) is 0 Å². The van der Waals surface area contributed by atoms with E-state index in [-0.39, 0.29) is 5.78 Å². The van der Waals surface area contributed by atoms with Crippen molar-refractivity contribution in [2.75, 3.05) is 0 Å². The highest BCUT2D eigenvalue weighted by atomic mass is 16.1. The molecule has 2 N–H and O–H groups in total. The topological polar surface area (TPSA) is 60.9 Å². The van der Waals surface area contributed by atoms with Crippen LogP contribution in [0, 0.1) is 0 Å². The predicted molar refractivity (Wildman–Crippen MR) is 74.8 cm³/mol. The fraction of sp³-hybridized carbons (Fsp3) is 0.333. The molecule has 19 heavy (non-hydrogen) atoms. The van der Waals surface area contributed by atoms with E-state index in [9.17, 15) is 4.79 Å². The standard InChI is InChI=1S/C15H19N3O/c1-3-9-18-11-12(10-17-18)14(19)15(2,16)13-7-5-4-6-8-13/h4-8,10-11H,3,9,16H2,1-2H3. The summed E-state index contributed by atoms with van der Waals surface area (Å²) in [7, 11) is 0. The molecule has 0 aliphatic carbocycles. The van der Waals surface area contributed by atoms with Crippen molar-refractivity contribution >= 4 is 5.78 Å². The van der Waals surface area contributed by atoms with Crippen molar-refractivity contribution in [2.45, 2.75) is 32.4 Å². The third-order valence-electron chi connectivity index (χ3n) is 3.19. The van der Waals surface area contributed by atoms with Gasteiger partial charge in [0.2, 0.25) is 0 Å². The number of hydrogen-bond donors (Lipinski definition) is 1. The number of nitrogens with two attached hydrogens (primary N) is 1. The van der Waals surface area contributed by atoms with Gasteiger partial charge in [-0.2, -0.15) is 5.10 Å². The van der Waals surface area contributed by atoms with Crippen LogP contribution >= 0.6 is 0 Å². The molecule has 0 amide bonds. The van der Waals surface area contributed by atoms with E-state index >= 15 is 0 Å². The highest BCUT2D eigenvalue weighted by molar-refractivity contribution is 6.03. The number of ketones is 1. The van der Waals surface area contributed by atoms with Crippen molar-refractivity contribution < 1.29 is 4.79 Å². The number of Topliss-reactive ketones (excluding diaryl/α,β-unsaturated/α-hetero) is 1. The summed E-state index contributed by atoms with van der Waals surface area (Å²) in [6.07, 6.45) is 4.33. The zero-order valence-electron chi connectivity index (χ0n) is 11.3. The van der Waals surface area contributed by atoms with Gasteiger partial charge < -0.3 is 5.73 Å². The number of carbonyl (C=O) groups is 1. The Morgan fingerprint density at radius 1 is 1.37 bits per heavy atom. The molecule has 4 heteroatoms. The fourth-order valence-electron chi connectivity index (χ4n) is 2.05. The van der Waals surface area contributed by atoms with Gasteiger partial charge in [-0.3, -0.25) is 9.48 Å². The van der Waals surface area contributed by atoms with Gasteiger partial charge in [0.25, 0.3) is 0 Å². The number of benzene rings is 1. The minimum absolute atomic E-state index is 0.110. The summed E-state index contributed by atoms with van der Waals surface area (Å²) in [6, 6.07) is 9.41. The first-order valence-electron chi connectivity index (χ1n) is 6.47. The van der Waals surface area contributed by atoms with Crippen molar-refractivity contribution in [3.8, 4) is 0 Å². The molecule has 1 atom stereocenters. The highest BCUT2D eigenvalue weighted by Gasteiger charge is 2.31. The number of rotatable bonds is 5. The van der Waals surface area contributed by atoms with Crippen LogP contribution in [0.3, 0.4) is 0 Å². The second-order valence-corrected chi connectivity index (χ2v) is 4.89. The zero-order chi connectivity index (χ0) is 13.9. The zero-order valence-corrected chi connectivity index (χ0v) is 11.3. The third kappa shape index (κ3) is 2.74. The molecule has 2 rings (SSSR count). The number of nitrogens with zero attached hydrogens (tertiary/aromatic N) is 2. The molecule has 1 heterocycles. The van der Waals surface area contributed by atoms with Crippen molar-refractivity contribution in [3.63, 3.8) is 0 Å². The lowest BCUT2D eigenvalue weighted by molar-refractivity contribution is 0.0900. The molecule has 0 spiro atoms. The van der Waals surface area contributed by atoms with Crippen LogP contribution < -0.4 is 5.73 Å². The van der Waals surface area contributed by atoms with Gasteiger partial charge in [0.15, 0.2) is 5.78 Å². The monoisotopic (exact) mass is 257 g/mol. The molecular formula is C15H19N3O. The Morgan fingerprint density at radius 2 is 2.05 bits per heavy atom. The Hall–Kier alpha value is -1.94. The van der Waals surface area contributed by atoms with Crippen LogP contribution in [0.1, 0.15) is 36.2 Å². The molecule has 1 unspecified atom stereocenters. The van der Waals surface area contributed by atoms with Gasteiger partial charge in [0, 0.05) is 12.7 Å². The average molecular weight is 257 g/mol. The van der Waals surface area contributed by atoms with Gasteiger partial charge in [0.1, 0.15) is 5.54 Å². The molecule has 4 nitrogen and oxygen atoms in total. The quantitative estimate of drug-likeness (QED) is 0.836. The molecular weight excluding hydrogens is 238 g/mol. The fourth-order valence-corrected chi connectivity index (χ4v) is 2.05. The van der Waals surface area contributed by atoms with Gasteiger partial charge in [-0.15, -0.1) is 0 Å². The van der Waals surface area contributed by atoms with E-state index in [1.807, 2.05) is 30.3 Å². The average Bonchev–Trinajstić information content (AvgIpc) is 2.88. The summed E-state index contributed by atoms with van der Waals surface area (Å²) >= 11 is 0. The second kappa shape index (κ2) is 5.36. The largest absolute Gasteiger partial charge is 0.315 e. The summed E-state index contributed by atoms with van der Waals surface area (Å²) < 4.78 is 1.77. The number of carbonyl (C=O) groups excluding carboxylic acids is 1. The smallest absolute Gasteiger partial charge is 0.190 e. The van der Waals surface area contributed by atoms with E-state index < -0.39 is 5.54 Å². The van der Waals surface area contributed by atoms with Gasteiger partial charge in [-0.05, 0) is 18.9 Å². The maximum Gasteiger partial charge on any atom is 0.190 e. The molecule has 0 radical (unpaired) electrons. The van der Waals surface area contributed by atoms with E-state index in [1.54, 1.807) is 24.0 Å². The molecule has 1 aromatic carbocycles. The normalized spacial score (nSPS) is 14.1. The maximum absolute atomic E-state index is 12.5. The lowest BCUT2D eigenvalue weighted by Gasteiger charge is -2.22. The Kier molecular flexibility index (Phi) is 3.81. The van der Waals surface area contributed by atoms with Gasteiger partial charge in [-0.1, -0.05) is 37.3 Å². The van der Waals surface area contributed by atoms with Crippen LogP contribution in [0.4, 0.5) is 0 Å². The van der Waals surface area contributed by atoms with Crippen molar-refractivity contribution in [1.82, 2.24) is 9.78 Å². The first-order chi connectivity index (χ1) is 9.05. The minimum Gasteiger partial charge on any atom is -0.315 e. The maximum atomic E-state index is 12.5. The number of aromatic nitrogens is 2. The van der Waals surface area contributed by atoms with Crippen molar-refractivity contribution in [2.24, 2.45) is 5.73 Å². The molecule has 0 fully saturated rings. The van der Waals surface area contributed by atoms with Gasteiger partial charge >= 0.3 is 0 Å².